The molecule has 0 bridgehead atoms. The lowest BCUT2D eigenvalue weighted by Gasteiger charge is -2.35. The van der Waals surface area contributed by atoms with Crippen molar-refractivity contribution in [2.24, 2.45) is 0 Å². The lowest BCUT2D eigenvalue weighted by molar-refractivity contribution is 0.386. The summed E-state index contributed by atoms with van der Waals surface area (Å²) in [6.07, 6.45) is 1.50. The molecule has 3 rings (SSSR count). The summed E-state index contributed by atoms with van der Waals surface area (Å²) in [5.74, 6) is 1.22. The minimum atomic E-state index is -3.22. The van der Waals surface area contributed by atoms with E-state index in [1.54, 1.807) is 12.1 Å². The molecule has 0 radical (unpaired) electrons. The van der Waals surface area contributed by atoms with Crippen LogP contribution < -0.4 is 4.90 Å². The van der Waals surface area contributed by atoms with E-state index >= 15 is 0 Å². The minimum absolute atomic E-state index is 0.135. The molecule has 1 aromatic carbocycles. The van der Waals surface area contributed by atoms with Crippen LogP contribution in [0.3, 0.4) is 0 Å². The first-order valence-electron chi connectivity index (χ1n) is 9.58. The smallest absolute Gasteiger partial charge is 0.211 e. The predicted molar refractivity (Wildman–Crippen MR) is 114 cm³/mol. The van der Waals surface area contributed by atoms with Crippen molar-refractivity contribution in [2.75, 3.05) is 37.3 Å². The van der Waals surface area contributed by atoms with Gasteiger partial charge in [-0.2, -0.15) is 4.31 Å². The third-order valence-corrected chi connectivity index (χ3v) is 6.81. The van der Waals surface area contributed by atoms with E-state index in [-0.39, 0.29) is 18.2 Å². The lowest BCUT2D eigenvalue weighted by Crippen LogP contribution is -2.49. The van der Waals surface area contributed by atoms with Crippen molar-refractivity contribution >= 4 is 27.4 Å². The number of anilines is 1. The average molecular weight is 441 g/mol. The topological polar surface area (TPSA) is 66.4 Å². The van der Waals surface area contributed by atoms with Gasteiger partial charge in [0.2, 0.25) is 10.0 Å². The summed E-state index contributed by atoms with van der Waals surface area (Å²) in [5.41, 5.74) is 2.01. The maximum absolute atomic E-state index is 14.4. The van der Waals surface area contributed by atoms with E-state index in [4.69, 9.17) is 16.6 Å². The molecule has 0 spiro atoms. The SMILES string of the molecule is Cc1nc(C(C)C)nc(N2CCN(S(C)(=O)=O)CC2)c1Cc1c(F)cccc1Cl. The van der Waals surface area contributed by atoms with Crippen LogP contribution >= 0.6 is 11.6 Å². The molecular weight excluding hydrogens is 415 g/mol. The number of sulfonamides is 1. The van der Waals surface area contributed by atoms with Crippen LogP contribution in [0.4, 0.5) is 10.2 Å². The zero-order chi connectivity index (χ0) is 21.3. The summed E-state index contributed by atoms with van der Waals surface area (Å²) < 4.78 is 39.6. The van der Waals surface area contributed by atoms with Gasteiger partial charge >= 0.3 is 0 Å². The van der Waals surface area contributed by atoms with Gasteiger partial charge in [0.05, 0.1) is 6.26 Å². The number of benzene rings is 1. The van der Waals surface area contributed by atoms with Crippen molar-refractivity contribution in [3.63, 3.8) is 0 Å². The predicted octanol–water partition coefficient (Wildman–Crippen LogP) is 3.37. The highest BCUT2D eigenvalue weighted by Gasteiger charge is 2.27. The first kappa shape index (κ1) is 21.9. The summed E-state index contributed by atoms with van der Waals surface area (Å²) in [5, 5.41) is 0.366. The summed E-state index contributed by atoms with van der Waals surface area (Å²) in [6.45, 7) is 7.74. The van der Waals surface area contributed by atoms with Crippen molar-refractivity contribution < 1.29 is 12.8 Å². The Morgan fingerprint density at radius 3 is 2.34 bits per heavy atom. The van der Waals surface area contributed by atoms with E-state index in [1.165, 1.54) is 16.6 Å². The number of halogens is 2. The highest BCUT2D eigenvalue weighted by Crippen LogP contribution is 2.30. The summed E-state index contributed by atoms with van der Waals surface area (Å²) in [6, 6.07) is 4.64. The van der Waals surface area contributed by atoms with Crippen molar-refractivity contribution in [1.29, 1.82) is 0 Å². The van der Waals surface area contributed by atoms with Gasteiger partial charge < -0.3 is 4.90 Å². The van der Waals surface area contributed by atoms with E-state index in [1.807, 2.05) is 20.8 Å². The second-order valence-corrected chi connectivity index (χ2v) is 10.0. The molecule has 1 saturated heterocycles. The summed E-state index contributed by atoms with van der Waals surface area (Å²) in [4.78, 5) is 11.5. The van der Waals surface area contributed by atoms with Crippen molar-refractivity contribution in [1.82, 2.24) is 14.3 Å². The highest BCUT2D eigenvalue weighted by molar-refractivity contribution is 7.88. The van der Waals surface area contributed by atoms with Crippen LogP contribution in [0.15, 0.2) is 18.2 Å². The minimum Gasteiger partial charge on any atom is -0.354 e. The largest absolute Gasteiger partial charge is 0.354 e. The monoisotopic (exact) mass is 440 g/mol. The van der Waals surface area contributed by atoms with Gasteiger partial charge in [-0.15, -0.1) is 0 Å². The second kappa shape index (κ2) is 8.53. The molecule has 158 valence electrons. The van der Waals surface area contributed by atoms with E-state index < -0.39 is 10.0 Å². The maximum atomic E-state index is 14.4. The number of hydrogen-bond acceptors (Lipinski definition) is 5. The Bertz CT molecular complexity index is 986. The molecule has 9 heteroatoms. The van der Waals surface area contributed by atoms with E-state index in [2.05, 4.69) is 9.88 Å². The number of rotatable bonds is 5. The Labute approximate surface area is 176 Å². The Kier molecular flexibility index (Phi) is 6.45. The lowest BCUT2D eigenvalue weighted by atomic mass is 10.0. The normalized spacial score (nSPS) is 15.9. The molecule has 0 unspecified atom stereocenters. The van der Waals surface area contributed by atoms with Gasteiger partial charge in [-0.3, -0.25) is 0 Å². The van der Waals surface area contributed by atoms with E-state index in [0.717, 1.165) is 17.1 Å². The van der Waals surface area contributed by atoms with Crippen LogP contribution in [0.5, 0.6) is 0 Å². The molecule has 0 aliphatic carbocycles. The number of aryl methyl sites for hydroxylation is 1. The van der Waals surface area contributed by atoms with Crippen LogP contribution in [-0.4, -0.2) is 55.1 Å². The van der Waals surface area contributed by atoms with Crippen LogP contribution in [-0.2, 0) is 16.4 Å². The number of hydrogen-bond donors (Lipinski definition) is 0. The highest BCUT2D eigenvalue weighted by atomic mass is 35.5. The second-order valence-electron chi connectivity index (χ2n) is 7.65. The van der Waals surface area contributed by atoms with Gasteiger partial charge in [0.25, 0.3) is 0 Å². The van der Waals surface area contributed by atoms with Gasteiger partial charge in [-0.1, -0.05) is 31.5 Å². The third kappa shape index (κ3) is 4.87. The number of piperazine rings is 1. The van der Waals surface area contributed by atoms with Gasteiger partial charge in [0.15, 0.2) is 0 Å². The molecule has 2 heterocycles. The maximum Gasteiger partial charge on any atom is 0.211 e. The average Bonchev–Trinajstić information content (AvgIpc) is 2.64. The third-order valence-electron chi connectivity index (χ3n) is 5.15. The fourth-order valence-electron chi connectivity index (χ4n) is 3.44. The van der Waals surface area contributed by atoms with E-state index in [0.29, 0.717) is 42.6 Å². The first-order chi connectivity index (χ1) is 13.6. The summed E-state index contributed by atoms with van der Waals surface area (Å²) in [7, 11) is -3.22. The van der Waals surface area contributed by atoms with Crippen LogP contribution in [0.25, 0.3) is 0 Å². The molecule has 1 fully saturated rings. The van der Waals surface area contributed by atoms with Crippen molar-refractivity contribution in [3.8, 4) is 0 Å². The Hall–Kier alpha value is -1.77. The van der Waals surface area contributed by atoms with Crippen LogP contribution in [0.2, 0.25) is 5.02 Å². The fraction of sp³-hybridized carbons (Fsp3) is 0.500. The molecule has 1 aliphatic heterocycles. The van der Waals surface area contributed by atoms with Gasteiger partial charge in [0.1, 0.15) is 17.5 Å². The summed E-state index contributed by atoms with van der Waals surface area (Å²) >= 11 is 6.25. The quantitative estimate of drug-likeness (QED) is 0.713. The molecule has 29 heavy (non-hydrogen) atoms. The zero-order valence-electron chi connectivity index (χ0n) is 17.1. The molecule has 2 aromatic rings. The van der Waals surface area contributed by atoms with Crippen molar-refractivity contribution in [2.45, 2.75) is 33.1 Å². The number of aromatic nitrogens is 2. The molecule has 0 atom stereocenters. The molecule has 0 N–H and O–H groups in total. The standard InChI is InChI=1S/C20H26ClFN4O2S/c1-13(2)19-23-14(3)15(12-16-17(21)6-5-7-18(16)22)20(24-19)25-8-10-26(11-9-25)29(4,27)28/h5-7,13H,8-12H2,1-4H3. The van der Waals surface area contributed by atoms with Crippen molar-refractivity contribution in [3.05, 3.63) is 51.7 Å². The first-order valence-corrected chi connectivity index (χ1v) is 11.8. The Balaban J connectivity index is 2.01. The van der Waals surface area contributed by atoms with E-state index in [9.17, 15) is 12.8 Å². The van der Waals surface area contributed by atoms with Gasteiger partial charge in [-0.05, 0) is 19.1 Å². The fourth-order valence-corrected chi connectivity index (χ4v) is 4.49. The zero-order valence-corrected chi connectivity index (χ0v) is 18.7. The molecule has 0 saturated carbocycles. The molecule has 0 amide bonds. The van der Waals surface area contributed by atoms with Gasteiger partial charge in [0, 0.05) is 60.4 Å². The molecule has 1 aliphatic rings. The molecular formula is C20H26ClFN4O2S. The molecule has 6 nitrogen and oxygen atoms in total. The Morgan fingerprint density at radius 2 is 1.79 bits per heavy atom. The number of nitrogens with zero attached hydrogens (tertiary/aromatic N) is 4. The van der Waals surface area contributed by atoms with Crippen LogP contribution in [0.1, 0.15) is 42.4 Å². The van der Waals surface area contributed by atoms with Crippen LogP contribution in [0, 0.1) is 12.7 Å². The van der Waals surface area contributed by atoms with Gasteiger partial charge in [-0.25, -0.2) is 22.8 Å². The molecule has 1 aromatic heterocycles. The Morgan fingerprint density at radius 1 is 1.14 bits per heavy atom.